The number of phenols is 1. The number of phenolic OH excluding ortho intramolecular Hbond substituents is 1. The third-order valence-corrected chi connectivity index (χ3v) is 7.06. The second kappa shape index (κ2) is 13.9. The van der Waals surface area contributed by atoms with Crippen molar-refractivity contribution in [2.24, 2.45) is 5.92 Å². The number of hydrogen-bond acceptors (Lipinski definition) is 5. The summed E-state index contributed by atoms with van der Waals surface area (Å²) in [5.41, 5.74) is -0.262. The van der Waals surface area contributed by atoms with E-state index in [4.69, 9.17) is 4.74 Å². The fourth-order valence-electron chi connectivity index (χ4n) is 4.31. The molecule has 4 atom stereocenters. The molecule has 0 aliphatic heterocycles. The fourth-order valence-corrected chi connectivity index (χ4v) is 4.31. The Labute approximate surface area is 229 Å². The molecule has 0 fully saturated rings. The Balaban J connectivity index is 3.73. The molecule has 3 N–H and O–H groups in total. The first-order valence-corrected chi connectivity index (χ1v) is 13.9. The lowest BCUT2D eigenvalue weighted by atomic mass is 9.89. The highest BCUT2D eigenvalue weighted by Gasteiger charge is 2.44. The van der Waals surface area contributed by atoms with E-state index in [9.17, 15) is 19.5 Å². The molecular weight excluding hydrogens is 482 g/mol. The van der Waals surface area contributed by atoms with Crippen molar-refractivity contribution in [3.8, 4) is 5.75 Å². The number of aromatic hydroxyl groups is 1. The highest BCUT2D eigenvalue weighted by Crippen LogP contribution is 2.35. The number of ether oxygens (including phenoxy) is 1. The smallest absolute Gasteiger partial charge is 0.408 e. The Kier molecular flexibility index (Phi) is 12.1. The Morgan fingerprint density at radius 3 is 2.11 bits per heavy atom. The van der Waals surface area contributed by atoms with Crippen molar-refractivity contribution in [1.29, 1.82) is 0 Å². The molecule has 0 saturated carbocycles. The Morgan fingerprint density at radius 2 is 1.63 bits per heavy atom. The molecule has 8 nitrogen and oxygen atoms in total. The summed E-state index contributed by atoms with van der Waals surface area (Å²) in [4.78, 5) is 42.8. The van der Waals surface area contributed by atoms with E-state index in [1.807, 2.05) is 41.5 Å². The van der Waals surface area contributed by atoms with Gasteiger partial charge in [0.2, 0.25) is 11.8 Å². The van der Waals surface area contributed by atoms with Gasteiger partial charge in [-0.2, -0.15) is 0 Å². The molecular formula is C30H51N3O5. The average Bonchev–Trinajstić information content (AvgIpc) is 2.80. The summed E-state index contributed by atoms with van der Waals surface area (Å²) < 4.78 is 5.48. The van der Waals surface area contributed by atoms with Gasteiger partial charge in [-0.3, -0.25) is 9.59 Å². The monoisotopic (exact) mass is 533 g/mol. The maximum absolute atomic E-state index is 14.5. The minimum absolute atomic E-state index is 0.0832. The Morgan fingerprint density at radius 1 is 1.03 bits per heavy atom. The fraction of sp³-hybridized carbons (Fsp3) is 0.700. The lowest BCUT2D eigenvalue weighted by molar-refractivity contribution is -0.150. The Hall–Kier alpha value is -2.77. The van der Waals surface area contributed by atoms with Gasteiger partial charge in [0.25, 0.3) is 0 Å². The number of hydrogen-bond donors (Lipinski definition) is 3. The van der Waals surface area contributed by atoms with Gasteiger partial charge < -0.3 is 25.4 Å². The largest absolute Gasteiger partial charge is 0.508 e. The van der Waals surface area contributed by atoms with Gasteiger partial charge in [-0.15, -0.1) is 0 Å². The van der Waals surface area contributed by atoms with Gasteiger partial charge in [0, 0.05) is 11.6 Å². The molecule has 8 heteroatoms. The zero-order valence-corrected chi connectivity index (χ0v) is 25.4. The van der Waals surface area contributed by atoms with Crippen LogP contribution in [0, 0.1) is 12.8 Å². The van der Waals surface area contributed by atoms with Crippen LogP contribution in [0.3, 0.4) is 0 Å². The lowest BCUT2D eigenvalue weighted by Gasteiger charge is -2.45. The number of carbonyl (C=O) groups excluding carboxylic acids is 3. The van der Waals surface area contributed by atoms with Gasteiger partial charge >= 0.3 is 6.09 Å². The molecule has 0 aliphatic rings. The molecule has 1 rings (SSSR count). The molecule has 0 bridgehead atoms. The molecule has 0 heterocycles. The van der Waals surface area contributed by atoms with Crippen LogP contribution in [0.5, 0.6) is 5.75 Å². The van der Waals surface area contributed by atoms with Crippen LogP contribution in [0.25, 0.3) is 0 Å². The van der Waals surface area contributed by atoms with Crippen LogP contribution >= 0.6 is 0 Å². The average molecular weight is 534 g/mol. The second-order valence-corrected chi connectivity index (χ2v) is 12.0. The van der Waals surface area contributed by atoms with Crippen molar-refractivity contribution in [2.75, 3.05) is 0 Å². The van der Waals surface area contributed by atoms with Crippen LogP contribution in [0.1, 0.15) is 112 Å². The summed E-state index contributed by atoms with van der Waals surface area (Å²) in [6.45, 7) is 20.7. The third kappa shape index (κ3) is 9.21. The molecule has 0 aromatic heterocycles. The molecule has 0 aliphatic carbocycles. The normalized spacial score (nSPS) is 15.1. The molecule has 1 aromatic carbocycles. The summed E-state index contributed by atoms with van der Waals surface area (Å²) in [5, 5.41) is 16.1. The molecule has 1 aromatic rings. The number of benzene rings is 1. The van der Waals surface area contributed by atoms with E-state index in [-0.39, 0.29) is 29.5 Å². The first-order valence-electron chi connectivity index (χ1n) is 13.9. The minimum atomic E-state index is -0.969. The SMILES string of the molecule is CCCC(C)NC(=O)C(c1ccc(O)c(C)c1)N(C(=O)C(NC(=O)OC(C)(C)C)C(C)CC)C(C)(C)CC. The zero-order valence-electron chi connectivity index (χ0n) is 25.4. The highest BCUT2D eigenvalue weighted by atomic mass is 16.6. The topological polar surface area (TPSA) is 108 Å². The van der Waals surface area contributed by atoms with Crippen molar-refractivity contribution in [3.63, 3.8) is 0 Å². The number of aryl methyl sites for hydroxylation is 1. The lowest BCUT2D eigenvalue weighted by Crippen LogP contribution is -2.61. The van der Waals surface area contributed by atoms with Crippen molar-refractivity contribution >= 4 is 17.9 Å². The summed E-state index contributed by atoms with van der Waals surface area (Å²) in [7, 11) is 0. The summed E-state index contributed by atoms with van der Waals surface area (Å²) >= 11 is 0. The number of nitrogens with one attached hydrogen (secondary N) is 2. The molecule has 0 spiro atoms. The predicted molar refractivity (Wildman–Crippen MR) is 152 cm³/mol. The van der Waals surface area contributed by atoms with Crippen molar-refractivity contribution in [2.45, 2.75) is 131 Å². The van der Waals surface area contributed by atoms with E-state index in [1.54, 1.807) is 50.8 Å². The van der Waals surface area contributed by atoms with Gasteiger partial charge in [0.15, 0.2) is 0 Å². The highest BCUT2D eigenvalue weighted by molar-refractivity contribution is 5.93. The number of carbonyl (C=O) groups is 3. The van der Waals surface area contributed by atoms with Crippen LogP contribution in [0.4, 0.5) is 4.79 Å². The van der Waals surface area contributed by atoms with Crippen molar-refractivity contribution in [3.05, 3.63) is 29.3 Å². The van der Waals surface area contributed by atoms with E-state index in [1.165, 1.54) is 0 Å². The van der Waals surface area contributed by atoms with E-state index in [0.717, 1.165) is 12.8 Å². The summed E-state index contributed by atoms with van der Waals surface area (Å²) in [6.07, 6.45) is 2.24. The van der Waals surface area contributed by atoms with E-state index < -0.39 is 29.3 Å². The molecule has 0 radical (unpaired) electrons. The number of amides is 3. The standard InChI is InChI=1S/C30H51N3O5/c1-12-15-21(6)31-26(35)25(22-16-17-23(34)20(5)18-22)33(30(10,11)14-3)27(36)24(19(4)13-2)32-28(37)38-29(7,8)9/h16-19,21,24-25,34H,12-15H2,1-11H3,(H,31,35)(H,32,37). The maximum atomic E-state index is 14.5. The minimum Gasteiger partial charge on any atom is -0.508 e. The molecule has 38 heavy (non-hydrogen) atoms. The van der Waals surface area contributed by atoms with Crippen LogP contribution in [0.15, 0.2) is 18.2 Å². The van der Waals surface area contributed by atoms with Gasteiger partial charge in [-0.05, 0) is 90.5 Å². The zero-order chi connectivity index (χ0) is 29.4. The first kappa shape index (κ1) is 33.3. The predicted octanol–water partition coefficient (Wildman–Crippen LogP) is 6.00. The van der Waals surface area contributed by atoms with Crippen molar-refractivity contribution < 1.29 is 24.2 Å². The van der Waals surface area contributed by atoms with E-state index in [0.29, 0.717) is 24.0 Å². The second-order valence-electron chi connectivity index (χ2n) is 12.0. The quantitative estimate of drug-likeness (QED) is 0.305. The first-order chi connectivity index (χ1) is 17.5. The molecule has 4 unspecified atom stereocenters. The Bertz CT molecular complexity index is 954. The summed E-state index contributed by atoms with van der Waals surface area (Å²) in [5.74, 6) is -0.754. The van der Waals surface area contributed by atoms with Crippen LogP contribution < -0.4 is 10.6 Å². The van der Waals surface area contributed by atoms with Crippen LogP contribution in [-0.4, -0.2) is 51.1 Å². The molecule has 3 amide bonds. The maximum Gasteiger partial charge on any atom is 0.408 e. The number of rotatable bonds is 12. The number of nitrogens with zero attached hydrogens (tertiary/aromatic N) is 1. The third-order valence-electron chi connectivity index (χ3n) is 7.06. The van der Waals surface area contributed by atoms with Gasteiger partial charge in [-0.1, -0.05) is 46.6 Å². The van der Waals surface area contributed by atoms with Crippen molar-refractivity contribution in [1.82, 2.24) is 15.5 Å². The summed E-state index contributed by atoms with van der Waals surface area (Å²) in [6, 6.07) is 3.02. The van der Waals surface area contributed by atoms with Gasteiger partial charge in [0.1, 0.15) is 23.4 Å². The van der Waals surface area contributed by atoms with Gasteiger partial charge in [0.05, 0.1) is 0 Å². The number of alkyl carbamates (subject to hydrolysis) is 1. The van der Waals surface area contributed by atoms with E-state index in [2.05, 4.69) is 17.6 Å². The molecule has 216 valence electrons. The van der Waals surface area contributed by atoms with E-state index >= 15 is 0 Å². The van der Waals surface area contributed by atoms with Crippen LogP contribution in [-0.2, 0) is 14.3 Å². The molecule has 0 saturated heterocycles. The van der Waals surface area contributed by atoms with Gasteiger partial charge in [-0.25, -0.2) is 4.79 Å². The van der Waals surface area contributed by atoms with Crippen LogP contribution in [0.2, 0.25) is 0 Å².